The summed E-state index contributed by atoms with van der Waals surface area (Å²) in [5, 5.41) is 0. The molecule has 0 aromatic heterocycles. The van der Waals surface area contributed by atoms with Crippen LogP contribution in [-0.4, -0.2) is 8.07 Å². The topological polar surface area (TPSA) is 0 Å². The van der Waals surface area contributed by atoms with E-state index in [1.807, 2.05) is 6.08 Å². The van der Waals surface area contributed by atoms with E-state index in [0.29, 0.717) is 5.54 Å². The van der Waals surface area contributed by atoms with E-state index < -0.39 is 8.07 Å². The smallest absolute Gasteiger partial charge is 0.0771 e. The molecule has 0 aromatic rings. The monoisotopic (exact) mass is 255 g/mol. The van der Waals surface area contributed by atoms with E-state index in [2.05, 4.69) is 62.8 Å². The molecule has 0 nitrogen and oxygen atoms in total. The van der Waals surface area contributed by atoms with Gasteiger partial charge in [0.05, 0.1) is 8.07 Å². The van der Waals surface area contributed by atoms with Crippen molar-refractivity contribution in [3.05, 3.63) is 74.4 Å². The van der Waals surface area contributed by atoms with Gasteiger partial charge >= 0.3 is 0 Å². The fourth-order valence-electron chi connectivity index (χ4n) is 2.84. The van der Waals surface area contributed by atoms with E-state index in [-0.39, 0.29) is 0 Å². The van der Waals surface area contributed by atoms with Crippen LogP contribution >= 0.6 is 0 Å². The summed E-state index contributed by atoms with van der Waals surface area (Å²) in [6.07, 6.45) is 16.9. The van der Waals surface area contributed by atoms with Crippen molar-refractivity contribution < 1.29 is 0 Å². The highest BCUT2D eigenvalue weighted by Gasteiger charge is 2.39. The third kappa shape index (κ3) is 3.11. The van der Waals surface area contributed by atoms with Crippen LogP contribution in [0.4, 0.5) is 0 Å². The molecule has 1 unspecified atom stereocenters. The molecule has 18 heavy (non-hydrogen) atoms. The molecule has 1 rings (SSSR count). The molecule has 1 atom stereocenters. The molecule has 1 aliphatic carbocycles. The highest BCUT2D eigenvalue weighted by molar-refractivity contribution is 6.83. The molecule has 1 aliphatic rings. The lowest BCUT2D eigenvalue weighted by Crippen LogP contribution is -2.38. The average molecular weight is 255 g/mol. The number of hydrogen-bond donors (Lipinski definition) is 0. The Bertz CT molecular complexity index is 358. The zero-order chi connectivity index (χ0) is 13.4. The van der Waals surface area contributed by atoms with E-state index in [0.717, 1.165) is 24.6 Å². The predicted octanol–water partition coefficient (Wildman–Crippen LogP) is 5.24. The SMILES string of the molecule is C=CCC1=CC=[C]C1[Si](CC=C)(CC=C)CC=C. The van der Waals surface area contributed by atoms with Crippen LogP contribution in [0.15, 0.2) is 68.3 Å². The third-order valence-electron chi connectivity index (χ3n) is 3.58. The highest BCUT2D eigenvalue weighted by atomic mass is 28.3. The summed E-state index contributed by atoms with van der Waals surface area (Å²) in [4.78, 5) is 0. The molecule has 0 aliphatic heterocycles. The van der Waals surface area contributed by atoms with Crippen LogP contribution in [0.25, 0.3) is 0 Å². The van der Waals surface area contributed by atoms with Crippen molar-refractivity contribution >= 4 is 8.07 Å². The van der Waals surface area contributed by atoms with Crippen molar-refractivity contribution in [3.63, 3.8) is 0 Å². The van der Waals surface area contributed by atoms with E-state index in [9.17, 15) is 0 Å². The van der Waals surface area contributed by atoms with Gasteiger partial charge in [0.1, 0.15) is 0 Å². The Morgan fingerprint density at radius 3 is 2.00 bits per heavy atom. The maximum absolute atomic E-state index is 3.94. The van der Waals surface area contributed by atoms with Crippen molar-refractivity contribution in [3.8, 4) is 0 Å². The van der Waals surface area contributed by atoms with Crippen LogP contribution < -0.4 is 0 Å². The first-order chi connectivity index (χ1) is 8.74. The summed E-state index contributed by atoms with van der Waals surface area (Å²) in [5.41, 5.74) is 1.91. The quantitative estimate of drug-likeness (QED) is 0.390. The second kappa shape index (κ2) is 7.17. The number of rotatable bonds is 9. The first-order valence-electron chi connectivity index (χ1n) is 6.46. The van der Waals surface area contributed by atoms with Crippen LogP contribution in [0, 0.1) is 6.08 Å². The zero-order valence-corrected chi connectivity index (χ0v) is 12.2. The van der Waals surface area contributed by atoms with Gasteiger partial charge in [0.2, 0.25) is 0 Å². The maximum Gasteiger partial charge on any atom is 0.0771 e. The molecule has 1 heteroatoms. The van der Waals surface area contributed by atoms with Crippen LogP contribution in [-0.2, 0) is 0 Å². The summed E-state index contributed by atoms with van der Waals surface area (Å²) in [6, 6.07) is 3.26. The lowest BCUT2D eigenvalue weighted by molar-refractivity contribution is 1.03. The average Bonchev–Trinajstić information content (AvgIpc) is 2.79. The highest BCUT2D eigenvalue weighted by Crippen LogP contribution is 2.43. The minimum Gasteiger partial charge on any atom is -0.103 e. The van der Waals surface area contributed by atoms with Crippen molar-refractivity contribution in [2.24, 2.45) is 0 Å². The molecular formula is C17H23Si. The van der Waals surface area contributed by atoms with E-state index >= 15 is 0 Å². The predicted molar refractivity (Wildman–Crippen MR) is 85.2 cm³/mol. The van der Waals surface area contributed by atoms with Crippen molar-refractivity contribution in [1.29, 1.82) is 0 Å². The minimum absolute atomic E-state index is 0.462. The second-order valence-electron chi connectivity index (χ2n) is 4.84. The molecular weight excluding hydrogens is 232 g/mol. The summed E-state index contributed by atoms with van der Waals surface area (Å²) in [6.45, 7) is 15.7. The molecule has 0 bridgehead atoms. The standard InChI is InChI=1S/C17H23Si/c1-5-10-16-11-9-12-17(16)18(13-6-2,14-7-3)15-8-4/h5-9,11,17H,1-4,10,13-15H2. The zero-order valence-electron chi connectivity index (χ0n) is 11.2. The summed E-state index contributed by atoms with van der Waals surface area (Å²) in [7, 11) is -1.58. The molecule has 0 N–H and O–H groups in total. The third-order valence-corrected chi connectivity index (χ3v) is 8.64. The Kier molecular flexibility index (Phi) is 5.86. The number of hydrogen-bond acceptors (Lipinski definition) is 0. The van der Waals surface area contributed by atoms with Crippen molar-refractivity contribution in [2.75, 3.05) is 0 Å². The van der Waals surface area contributed by atoms with Gasteiger partial charge in [0, 0.05) is 5.54 Å². The lowest BCUT2D eigenvalue weighted by atomic mass is 10.1. The molecule has 0 saturated heterocycles. The maximum atomic E-state index is 3.94. The molecule has 0 amide bonds. The summed E-state index contributed by atoms with van der Waals surface area (Å²) in [5.74, 6) is 0. The van der Waals surface area contributed by atoms with Gasteiger partial charge in [0.15, 0.2) is 0 Å². The van der Waals surface area contributed by atoms with Gasteiger partial charge in [-0.25, -0.2) is 0 Å². The van der Waals surface area contributed by atoms with Gasteiger partial charge in [-0.1, -0.05) is 42.0 Å². The van der Waals surface area contributed by atoms with Crippen LogP contribution in [0.3, 0.4) is 0 Å². The number of allylic oxidation sites excluding steroid dienone is 8. The van der Waals surface area contributed by atoms with Crippen LogP contribution in [0.5, 0.6) is 0 Å². The Morgan fingerprint density at radius 2 is 1.56 bits per heavy atom. The Morgan fingerprint density at radius 1 is 1.00 bits per heavy atom. The largest absolute Gasteiger partial charge is 0.103 e. The van der Waals surface area contributed by atoms with Gasteiger partial charge in [-0.2, -0.15) is 0 Å². The van der Waals surface area contributed by atoms with E-state index in [1.165, 1.54) is 5.57 Å². The van der Waals surface area contributed by atoms with Crippen molar-refractivity contribution in [2.45, 2.75) is 30.1 Å². The summed E-state index contributed by atoms with van der Waals surface area (Å²) < 4.78 is 0. The van der Waals surface area contributed by atoms with Gasteiger partial charge in [-0.3, -0.25) is 0 Å². The Labute approximate surface area is 113 Å². The first kappa shape index (κ1) is 14.7. The van der Waals surface area contributed by atoms with E-state index in [4.69, 9.17) is 0 Å². The lowest BCUT2D eigenvalue weighted by Gasteiger charge is -2.35. The van der Waals surface area contributed by atoms with Crippen molar-refractivity contribution in [1.82, 2.24) is 0 Å². The fourth-order valence-corrected chi connectivity index (χ4v) is 7.23. The van der Waals surface area contributed by atoms with Gasteiger partial charge in [-0.15, -0.1) is 26.3 Å². The van der Waals surface area contributed by atoms with Gasteiger partial charge < -0.3 is 0 Å². The Balaban J connectivity index is 3.06. The first-order valence-corrected chi connectivity index (χ1v) is 9.16. The minimum atomic E-state index is -1.58. The van der Waals surface area contributed by atoms with Gasteiger partial charge in [-0.05, 0) is 30.6 Å². The normalized spacial score (nSPS) is 18.2. The molecule has 0 fully saturated rings. The van der Waals surface area contributed by atoms with E-state index in [1.54, 1.807) is 0 Å². The molecule has 95 valence electrons. The molecule has 0 spiro atoms. The summed E-state index contributed by atoms with van der Waals surface area (Å²) >= 11 is 0. The Hall–Kier alpha value is -1.34. The fraction of sp³-hybridized carbons (Fsp3) is 0.294. The molecule has 0 heterocycles. The molecule has 0 aromatic carbocycles. The molecule has 0 saturated carbocycles. The second-order valence-corrected chi connectivity index (χ2v) is 9.37. The van der Waals surface area contributed by atoms with Crippen LogP contribution in [0.1, 0.15) is 6.42 Å². The molecule has 1 radical (unpaired) electrons. The van der Waals surface area contributed by atoms with Crippen LogP contribution in [0.2, 0.25) is 23.7 Å². The van der Waals surface area contributed by atoms with Gasteiger partial charge in [0.25, 0.3) is 0 Å².